The zero-order valence-corrected chi connectivity index (χ0v) is 18.1. The van der Waals surface area contributed by atoms with Crippen molar-refractivity contribution in [1.82, 2.24) is 4.98 Å². The van der Waals surface area contributed by atoms with Crippen LogP contribution in [0.1, 0.15) is 34.3 Å². The van der Waals surface area contributed by atoms with E-state index >= 15 is 0 Å². The van der Waals surface area contributed by atoms with Gasteiger partial charge in [0, 0.05) is 6.61 Å². The van der Waals surface area contributed by atoms with Crippen molar-refractivity contribution < 1.29 is 9.53 Å². The Labute approximate surface area is 175 Å². The maximum atomic E-state index is 13.3. The Bertz CT molecular complexity index is 970. The van der Waals surface area contributed by atoms with Crippen molar-refractivity contribution in [3.8, 4) is 0 Å². The molecule has 4 nitrogen and oxygen atoms in total. The lowest BCUT2D eigenvalue weighted by molar-refractivity contribution is 0.0918. The van der Waals surface area contributed by atoms with Gasteiger partial charge in [-0.25, -0.2) is 4.98 Å². The second-order valence-corrected chi connectivity index (χ2v) is 9.93. The molecule has 1 atom stereocenters. The first-order chi connectivity index (χ1) is 12.9. The van der Waals surface area contributed by atoms with E-state index in [0.29, 0.717) is 25.9 Å². The van der Waals surface area contributed by atoms with Crippen LogP contribution < -0.4 is 4.90 Å². The number of ether oxygens (including phenoxy) is 1. The molecular formula is C19H18Cl2N2O2S2. The number of thiophene rings is 1. The largest absolute Gasteiger partial charge is 0.376 e. The minimum atomic E-state index is -0.187. The maximum Gasteiger partial charge on any atom is 0.262 e. The number of nitrogens with zero attached hydrogens (tertiary/aromatic N) is 2. The number of amides is 1. The maximum absolute atomic E-state index is 13.3. The number of hydrogen-bond donors (Lipinski definition) is 0. The molecular weight excluding hydrogens is 423 g/mol. The highest BCUT2D eigenvalue weighted by atomic mass is 35.5. The van der Waals surface area contributed by atoms with Crippen LogP contribution in [0.25, 0.3) is 10.2 Å². The smallest absolute Gasteiger partial charge is 0.262 e. The number of benzene rings is 1. The summed E-state index contributed by atoms with van der Waals surface area (Å²) in [6.07, 6.45) is 1.96. The molecule has 0 bridgehead atoms. The first-order valence-electron chi connectivity index (χ1n) is 8.69. The van der Waals surface area contributed by atoms with E-state index in [1.165, 1.54) is 22.7 Å². The summed E-state index contributed by atoms with van der Waals surface area (Å²) in [4.78, 5) is 19.8. The van der Waals surface area contributed by atoms with Gasteiger partial charge in [-0.05, 0) is 43.9 Å². The van der Waals surface area contributed by atoms with E-state index in [1.807, 2.05) is 6.92 Å². The van der Waals surface area contributed by atoms with E-state index in [9.17, 15) is 4.79 Å². The van der Waals surface area contributed by atoms with Gasteiger partial charge >= 0.3 is 0 Å². The van der Waals surface area contributed by atoms with Crippen LogP contribution in [0.15, 0.2) is 18.2 Å². The minimum Gasteiger partial charge on any atom is -0.376 e. The zero-order chi connectivity index (χ0) is 19.1. The summed E-state index contributed by atoms with van der Waals surface area (Å²) in [5, 5.41) is 0.668. The third-order valence-corrected chi connectivity index (χ3v) is 7.41. The van der Waals surface area contributed by atoms with Gasteiger partial charge in [0.15, 0.2) is 5.13 Å². The molecule has 1 aromatic carbocycles. The van der Waals surface area contributed by atoms with Crippen LogP contribution >= 0.6 is 45.9 Å². The predicted molar refractivity (Wildman–Crippen MR) is 114 cm³/mol. The molecule has 3 heterocycles. The number of halogens is 2. The molecule has 1 aliphatic rings. The number of thiazole rings is 1. The number of aryl methyl sites for hydroxylation is 2. The Balaban J connectivity index is 1.77. The Kier molecular flexibility index (Phi) is 5.45. The lowest BCUT2D eigenvalue weighted by Gasteiger charge is -2.22. The fourth-order valence-electron chi connectivity index (χ4n) is 3.23. The Morgan fingerprint density at radius 3 is 2.70 bits per heavy atom. The van der Waals surface area contributed by atoms with Gasteiger partial charge < -0.3 is 4.74 Å². The molecule has 1 aliphatic heterocycles. The van der Waals surface area contributed by atoms with E-state index < -0.39 is 0 Å². The molecule has 0 radical (unpaired) electrons. The van der Waals surface area contributed by atoms with Crippen molar-refractivity contribution in [2.75, 3.05) is 18.1 Å². The summed E-state index contributed by atoms with van der Waals surface area (Å²) in [6.45, 7) is 5.29. The highest BCUT2D eigenvalue weighted by molar-refractivity contribution is 7.22. The first-order valence-corrected chi connectivity index (χ1v) is 11.1. The second-order valence-electron chi connectivity index (χ2n) is 6.66. The zero-order valence-electron chi connectivity index (χ0n) is 14.9. The Hall–Kier alpha value is -1.18. The number of rotatable bonds is 4. The molecule has 0 spiro atoms. The van der Waals surface area contributed by atoms with Crippen molar-refractivity contribution in [2.45, 2.75) is 32.8 Å². The lowest BCUT2D eigenvalue weighted by Crippen LogP contribution is -2.37. The molecule has 0 aliphatic carbocycles. The molecule has 3 aromatic rings. The van der Waals surface area contributed by atoms with Crippen molar-refractivity contribution in [3.05, 3.63) is 43.6 Å². The average molecular weight is 441 g/mol. The number of carbonyl (C=O) groups is 1. The molecule has 4 rings (SSSR count). The standard InChI is InChI=1S/C19H18Cl2N2O2S2/c1-10-5-6-11(2)16-15(10)22-19(27-16)23(9-12-4-3-7-25-12)18(24)13-8-14(20)26-17(13)21/h5-6,8,12H,3-4,7,9H2,1-2H3. The third-order valence-electron chi connectivity index (χ3n) is 4.70. The molecule has 1 fully saturated rings. The van der Waals surface area contributed by atoms with E-state index in [1.54, 1.807) is 11.0 Å². The van der Waals surface area contributed by atoms with Gasteiger partial charge in [0.05, 0.1) is 32.8 Å². The topological polar surface area (TPSA) is 42.4 Å². The second kappa shape index (κ2) is 7.68. The molecule has 0 N–H and O–H groups in total. The molecule has 0 saturated carbocycles. The molecule has 142 valence electrons. The number of hydrogen-bond acceptors (Lipinski definition) is 5. The molecule has 8 heteroatoms. The van der Waals surface area contributed by atoms with Crippen molar-refractivity contribution >= 4 is 67.1 Å². The summed E-state index contributed by atoms with van der Waals surface area (Å²) in [6, 6.07) is 5.77. The highest BCUT2D eigenvalue weighted by Crippen LogP contribution is 2.37. The van der Waals surface area contributed by atoms with Crippen molar-refractivity contribution in [2.24, 2.45) is 0 Å². The van der Waals surface area contributed by atoms with Gasteiger partial charge in [-0.15, -0.1) is 11.3 Å². The van der Waals surface area contributed by atoms with E-state index in [0.717, 1.165) is 40.8 Å². The quantitative estimate of drug-likeness (QED) is 0.491. The van der Waals surface area contributed by atoms with Crippen LogP contribution in [-0.2, 0) is 4.74 Å². The SMILES string of the molecule is Cc1ccc(C)c2sc(N(CC3CCCO3)C(=O)c3cc(Cl)sc3Cl)nc12. The summed E-state index contributed by atoms with van der Waals surface area (Å²) in [5.41, 5.74) is 3.60. The molecule has 2 aromatic heterocycles. The third kappa shape index (κ3) is 3.74. The van der Waals surface area contributed by atoms with Crippen LogP contribution in [-0.4, -0.2) is 30.1 Å². The van der Waals surface area contributed by atoms with E-state index in [2.05, 4.69) is 19.1 Å². The molecule has 1 saturated heterocycles. The minimum absolute atomic E-state index is 0.0102. The molecule has 1 unspecified atom stereocenters. The number of fused-ring (bicyclic) bond motifs is 1. The number of carbonyl (C=O) groups excluding carboxylic acids is 1. The van der Waals surface area contributed by atoms with Gasteiger partial charge in [-0.1, -0.05) is 46.7 Å². The lowest BCUT2D eigenvalue weighted by atomic mass is 10.1. The van der Waals surface area contributed by atoms with Gasteiger partial charge in [0.1, 0.15) is 4.34 Å². The molecule has 1 amide bonds. The van der Waals surface area contributed by atoms with Crippen molar-refractivity contribution in [3.63, 3.8) is 0 Å². The van der Waals surface area contributed by atoms with E-state index in [4.69, 9.17) is 32.9 Å². The van der Waals surface area contributed by atoms with E-state index in [-0.39, 0.29) is 12.0 Å². The van der Waals surface area contributed by atoms with Crippen LogP contribution in [0.4, 0.5) is 5.13 Å². The Morgan fingerprint density at radius 1 is 1.30 bits per heavy atom. The monoisotopic (exact) mass is 440 g/mol. The van der Waals surface area contributed by atoms with Crippen LogP contribution in [0, 0.1) is 13.8 Å². The molecule has 27 heavy (non-hydrogen) atoms. The van der Waals surface area contributed by atoms with Crippen molar-refractivity contribution in [1.29, 1.82) is 0 Å². The van der Waals surface area contributed by atoms with Crippen LogP contribution in [0.5, 0.6) is 0 Å². The van der Waals surface area contributed by atoms with Gasteiger partial charge in [-0.2, -0.15) is 0 Å². The fraction of sp³-hybridized carbons (Fsp3) is 0.368. The highest BCUT2D eigenvalue weighted by Gasteiger charge is 2.29. The first kappa shape index (κ1) is 19.2. The summed E-state index contributed by atoms with van der Waals surface area (Å²) in [7, 11) is 0. The normalized spacial score (nSPS) is 17.0. The Morgan fingerprint density at radius 2 is 2.07 bits per heavy atom. The van der Waals surface area contributed by atoms with Crippen LogP contribution in [0.2, 0.25) is 8.67 Å². The van der Waals surface area contributed by atoms with Gasteiger partial charge in [-0.3, -0.25) is 9.69 Å². The van der Waals surface area contributed by atoms with Crippen LogP contribution in [0.3, 0.4) is 0 Å². The fourth-order valence-corrected chi connectivity index (χ4v) is 5.80. The predicted octanol–water partition coefficient (Wildman–Crippen LogP) is 6.11. The summed E-state index contributed by atoms with van der Waals surface area (Å²) < 4.78 is 7.77. The summed E-state index contributed by atoms with van der Waals surface area (Å²) in [5.74, 6) is -0.187. The number of anilines is 1. The van der Waals surface area contributed by atoms with Gasteiger partial charge in [0.2, 0.25) is 0 Å². The number of aromatic nitrogens is 1. The summed E-state index contributed by atoms with van der Waals surface area (Å²) >= 11 is 15.0. The average Bonchev–Trinajstić information content (AvgIpc) is 3.35. The van der Waals surface area contributed by atoms with Gasteiger partial charge in [0.25, 0.3) is 5.91 Å².